The van der Waals surface area contributed by atoms with Gasteiger partial charge in [0.2, 0.25) is 5.95 Å². The maximum atomic E-state index is 13.4. The third-order valence-electron chi connectivity index (χ3n) is 4.80. The Morgan fingerprint density at radius 1 is 1.18 bits per heavy atom. The van der Waals surface area contributed by atoms with Crippen molar-refractivity contribution in [2.24, 2.45) is 4.99 Å². The Morgan fingerprint density at radius 2 is 1.93 bits per heavy atom. The Hall–Kier alpha value is -2.74. The summed E-state index contributed by atoms with van der Waals surface area (Å²) in [6, 6.07) is 8.50. The zero-order valence-electron chi connectivity index (χ0n) is 16.6. The minimum absolute atomic E-state index is 0.214. The molecule has 28 heavy (non-hydrogen) atoms. The monoisotopic (exact) mass is 385 g/mol. The van der Waals surface area contributed by atoms with E-state index in [-0.39, 0.29) is 5.82 Å². The lowest BCUT2D eigenvalue weighted by Gasteiger charge is -2.34. The van der Waals surface area contributed by atoms with Gasteiger partial charge < -0.3 is 15.1 Å². The first-order chi connectivity index (χ1) is 13.7. The molecular weight excluding hydrogens is 357 g/mol. The van der Waals surface area contributed by atoms with Gasteiger partial charge in [0.25, 0.3) is 0 Å². The Bertz CT molecular complexity index is 760. The minimum Gasteiger partial charge on any atom is -0.355 e. The summed E-state index contributed by atoms with van der Waals surface area (Å²) in [6.45, 7) is 6.18. The van der Waals surface area contributed by atoms with E-state index >= 15 is 0 Å². The summed E-state index contributed by atoms with van der Waals surface area (Å²) in [5, 5.41) is 3.40. The van der Waals surface area contributed by atoms with Crippen molar-refractivity contribution in [3.63, 3.8) is 0 Å². The van der Waals surface area contributed by atoms with Crippen LogP contribution in [0.25, 0.3) is 0 Å². The van der Waals surface area contributed by atoms with Crippen LogP contribution in [-0.2, 0) is 6.54 Å². The molecule has 0 atom stereocenters. The third-order valence-corrected chi connectivity index (χ3v) is 4.80. The summed E-state index contributed by atoms with van der Waals surface area (Å²) in [5.41, 5.74) is 0.921. The molecule has 3 rings (SSSR count). The van der Waals surface area contributed by atoms with E-state index in [1.165, 1.54) is 6.07 Å². The van der Waals surface area contributed by atoms with Crippen molar-refractivity contribution >= 4 is 11.9 Å². The minimum atomic E-state index is -0.214. The second-order valence-corrected chi connectivity index (χ2v) is 6.84. The highest BCUT2D eigenvalue weighted by atomic mass is 19.1. The molecule has 0 amide bonds. The van der Waals surface area contributed by atoms with Crippen LogP contribution in [0.4, 0.5) is 10.3 Å². The van der Waals surface area contributed by atoms with E-state index in [0.717, 1.165) is 56.7 Å². The molecule has 1 saturated heterocycles. The van der Waals surface area contributed by atoms with E-state index in [1.54, 1.807) is 31.6 Å². The summed E-state index contributed by atoms with van der Waals surface area (Å²) < 4.78 is 13.4. The van der Waals surface area contributed by atoms with Crippen molar-refractivity contribution in [1.82, 2.24) is 25.1 Å². The summed E-state index contributed by atoms with van der Waals surface area (Å²) in [6.07, 6.45) is 3.56. The van der Waals surface area contributed by atoms with Crippen molar-refractivity contribution in [2.45, 2.75) is 6.54 Å². The van der Waals surface area contributed by atoms with Gasteiger partial charge in [-0.1, -0.05) is 12.1 Å². The van der Waals surface area contributed by atoms with Crippen LogP contribution in [0.5, 0.6) is 0 Å². The van der Waals surface area contributed by atoms with Crippen molar-refractivity contribution in [1.29, 1.82) is 0 Å². The molecule has 0 radical (unpaired) electrons. The van der Waals surface area contributed by atoms with E-state index in [9.17, 15) is 4.39 Å². The predicted molar refractivity (Wildman–Crippen MR) is 110 cm³/mol. The average molecular weight is 385 g/mol. The van der Waals surface area contributed by atoms with Crippen LogP contribution in [0.1, 0.15) is 5.56 Å². The Morgan fingerprint density at radius 3 is 2.61 bits per heavy atom. The zero-order chi connectivity index (χ0) is 19.8. The first kappa shape index (κ1) is 20.0. The predicted octanol–water partition coefficient (Wildman–Crippen LogP) is 1.45. The molecule has 1 aliphatic heterocycles. The van der Waals surface area contributed by atoms with Gasteiger partial charge in [0.15, 0.2) is 5.96 Å². The van der Waals surface area contributed by atoms with Gasteiger partial charge >= 0.3 is 0 Å². The number of piperazine rings is 1. The number of rotatable bonds is 6. The zero-order valence-corrected chi connectivity index (χ0v) is 16.6. The third kappa shape index (κ3) is 5.63. The van der Waals surface area contributed by atoms with Gasteiger partial charge in [0.05, 0.1) is 0 Å². The Balaban J connectivity index is 1.40. The fraction of sp³-hybridized carbons (Fsp3) is 0.450. The van der Waals surface area contributed by atoms with Crippen molar-refractivity contribution in [3.05, 3.63) is 54.1 Å². The van der Waals surface area contributed by atoms with E-state index in [4.69, 9.17) is 0 Å². The largest absolute Gasteiger partial charge is 0.355 e. The maximum absolute atomic E-state index is 13.4. The van der Waals surface area contributed by atoms with E-state index in [0.29, 0.717) is 6.54 Å². The maximum Gasteiger partial charge on any atom is 0.225 e. The first-order valence-corrected chi connectivity index (χ1v) is 9.56. The number of hydrogen-bond donors (Lipinski definition) is 1. The number of aliphatic imine (C=N–C) groups is 1. The van der Waals surface area contributed by atoms with Gasteiger partial charge in [-0.25, -0.2) is 14.4 Å². The summed E-state index contributed by atoms with van der Waals surface area (Å²) >= 11 is 0. The van der Waals surface area contributed by atoms with Crippen LogP contribution in [0.15, 0.2) is 47.7 Å². The molecule has 8 heteroatoms. The Labute approximate surface area is 165 Å². The van der Waals surface area contributed by atoms with Crippen molar-refractivity contribution in [3.8, 4) is 0 Å². The lowest BCUT2D eigenvalue weighted by atomic mass is 10.2. The molecule has 1 N–H and O–H groups in total. The van der Waals surface area contributed by atoms with Crippen LogP contribution < -0.4 is 10.2 Å². The van der Waals surface area contributed by atoms with Crippen LogP contribution >= 0.6 is 0 Å². The first-order valence-electron chi connectivity index (χ1n) is 9.56. The summed E-state index contributed by atoms with van der Waals surface area (Å²) in [5.74, 6) is 1.40. The smallest absolute Gasteiger partial charge is 0.225 e. The number of guanidine groups is 1. The highest BCUT2D eigenvalue weighted by Gasteiger charge is 2.18. The fourth-order valence-electron chi connectivity index (χ4n) is 3.32. The normalized spacial score (nSPS) is 15.5. The average Bonchev–Trinajstić information content (AvgIpc) is 2.72. The van der Waals surface area contributed by atoms with E-state index in [1.807, 2.05) is 24.1 Å². The molecule has 0 bridgehead atoms. The number of aromatic nitrogens is 2. The number of hydrogen-bond acceptors (Lipinski definition) is 5. The molecular formula is C20H28FN7. The van der Waals surface area contributed by atoms with Gasteiger partial charge in [-0.15, -0.1) is 0 Å². The molecule has 2 aromatic rings. The molecule has 1 fully saturated rings. The SMILES string of the molecule is CN=C(NCCN1CCN(c2ncccn2)CC1)N(C)Cc1cccc(F)c1. The second kappa shape index (κ2) is 9.98. The molecule has 1 aromatic heterocycles. The van der Waals surface area contributed by atoms with Crippen LogP contribution in [0.3, 0.4) is 0 Å². The van der Waals surface area contributed by atoms with Crippen LogP contribution in [0, 0.1) is 5.82 Å². The summed E-state index contributed by atoms with van der Waals surface area (Å²) in [4.78, 5) is 19.6. The molecule has 1 aliphatic rings. The molecule has 0 unspecified atom stereocenters. The molecule has 2 heterocycles. The molecule has 1 aromatic carbocycles. The number of anilines is 1. The molecule has 0 saturated carbocycles. The lowest BCUT2D eigenvalue weighted by molar-refractivity contribution is 0.259. The number of nitrogens with one attached hydrogen (secondary N) is 1. The Kier molecular flexibility index (Phi) is 7.13. The molecule has 150 valence electrons. The van der Waals surface area contributed by atoms with Gasteiger partial charge in [0, 0.05) is 72.3 Å². The van der Waals surface area contributed by atoms with Crippen LogP contribution in [0.2, 0.25) is 0 Å². The standard InChI is InChI=1S/C20H28FN7/c1-22-19(26(2)16-17-5-3-6-18(21)15-17)25-9-10-27-11-13-28(14-12-27)20-23-7-4-8-24-20/h3-8,15H,9-14,16H2,1-2H3,(H,22,25). The molecule has 0 aliphatic carbocycles. The number of benzene rings is 1. The van der Waals surface area contributed by atoms with E-state index < -0.39 is 0 Å². The lowest BCUT2D eigenvalue weighted by Crippen LogP contribution is -2.49. The summed E-state index contributed by atoms with van der Waals surface area (Å²) in [7, 11) is 3.72. The highest BCUT2D eigenvalue weighted by Crippen LogP contribution is 2.09. The second-order valence-electron chi connectivity index (χ2n) is 6.84. The number of halogens is 1. The fourth-order valence-corrected chi connectivity index (χ4v) is 3.32. The number of nitrogens with zero attached hydrogens (tertiary/aromatic N) is 6. The van der Waals surface area contributed by atoms with Gasteiger partial charge in [-0.05, 0) is 23.8 Å². The van der Waals surface area contributed by atoms with Gasteiger partial charge in [0.1, 0.15) is 5.82 Å². The topological polar surface area (TPSA) is 59.9 Å². The van der Waals surface area contributed by atoms with Crippen molar-refractivity contribution in [2.75, 3.05) is 58.3 Å². The highest BCUT2D eigenvalue weighted by molar-refractivity contribution is 5.79. The molecule has 0 spiro atoms. The van der Waals surface area contributed by atoms with E-state index in [2.05, 4.69) is 30.1 Å². The quantitative estimate of drug-likeness (QED) is 0.600. The molecule has 7 nitrogen and oxygen atoms in total. The van der Waals surface area contributed by atoms with Crippen molar-refractivity contribution < 1.29 is 4.39 Å². The van der Waals surface area contributed by atoms with Crippen LogP contribution in [-0.4, -0.2) is 79.1 Å². The van der Waals surface area contributed by atoms with Gasteiger partial charge in [-0.3, -0.25) is 9.89 Å². The van der Waals surface area contributed by atoms with Gasteiger partial charge in [-0.2, -0.15) is 0 Å².